The van der Waals surface area contributed by atoms with Gasteiger partial charge in [-0.15, -0.1) is 0 Å². The molecule has 0 spiro atoms. The zero-order valence-electron chi connectivity index (χ0n) is 11.2. The quantitative estimate of drug-likeness (QED) is 0.631. The largest absolute Gasteiger partial charge is 0.495 e. The minimum Gasteiger partial charge on any atom is -0.495 e. The van der Waals surface area contributed by atoms with Crippen LogP contribution in [0.5, 0.6) is 5.75 Å². The Balaban J connectivity index is 2.29. The molecule has 0 N–H and O–H groups in total. The third-order valence-electron chi connectivity index (χ3n) is 3.41. The van der Waals surface area contributed by atoms with Crippen molar-refractivity contribution in [3.63, 3.8) is 0 Å². The lowest BCUT2D eigenvalue weighted by Gasteiger charge is -2.12. The van der Waals surface area contributed by atoms with Gasteiger partial charge >= 0.3 is 0 Å². The predicted molar refractivity (Wildman–Crippen MR) is 80.7 cm³/mol. The van der Waals surface area contributed by atoms with Gasteiger partial charge in [0.1, 0.15) is 5.75 Å². The number of benzene rings is 3. The smallest absolute Gasteiger partial charge is 0.134 e. The molecule has 0 aliphatic rings. The second-order valence-electron chi connectivity index (χ2n) is 4.74. The molecular weight excluding hydrogens is 232 g/mol. The van der Waals surface area contributed by atoms with Crippen LogP contribution in [-0.4, -0.2) is 7.11 Å². The van der Waals surface area contributed by atoms with Gasteiger partial charge in [-0.05, 0) is 17.9 Å². The van der Waals surface area contributed by atoms with Gasteiger partial charge in [-0.2, -0.15) is 0 Å². The van der Waals surface area contributed by atoms with Crippen LogP contribution in [0.25, 0.3) is 21.9 Å². The molecule has 3 rings (SSSR count). The lowest BCUT2D eigenvalue weighted by Crippen LogP contribution is -1.90. The summed E-state index contributed by atoms with van der Waals surface area (Å²) < 4.78 is 5.65. The summed E-state index contributed by atoms with van der Waals surface area (Å²) in [6.45, 7) is 2.11. The lowest BCUT2D eigenvalue weighted by atomic mass is 9.98. The van der Waals surface area contributed by atoms with Crippen molar-refractivity contribution in [2.45, 2.75) is 6.92 Å². The molecular formula is C18H16O. The van der Waals surface area contributed by atoms with E-state index in [0.29, 0.717) is 0 Å². The fourth-order valence-electron chi connectivity index (χ4n) is 2.50. The molecule has 0 saturated carbocycles. The van der Waals surface area contributed by atoms with E-state index >= 15 is 0 Å². The van der Waals surface area contributed by atoms with Gasteiger partial charge in [0, 0.05) is 10.9 Å². The normalized spacial score (nSPS) is 10.6. The Morgan fingerprint density at radius 1 is 0.842 bits per heavy atom. The first kappa shape index (κ1) is 11.8. The third kappa shape index (κ3) is 2.08. The maximum Gasteiger partial charge on any atom is 0.134 e. The fourth-order valence-corrected chi connectivity index (χ4v) is 2.50. The van der Waals surface area contributed by atoms with E-state index in [2.05, 4.69) is 55.5 Å². The highest BCUT2D eigenvalue weighted by atomic mass is 16.5. The van der Waals surface area contributed by atoms with E-state index in [1.807, 2.05) is 12.1 Å². The van der Waals surface area contributed by atoms with Gasteiger partial charge in [-0.3, -0.25) is 0 Å². The van der Waals surface area contributed by atoms with Gasteiger partial charge < -0.3 is 4.74 Å². The summed E-state index contributed by atoms with van der Waals surface area (Å²) in [6, 6.07) is 21.1. The Morgan fingerprint density at radius 3 is 2.47 bits per heavy atom. The zero-order valence-corrected chi connectivity index (χ0v) is 11.2. The minimum absolute atomic E-state index is 0.948. The fraction of sp³-hybridized carbons (Fsp3) is 0.111. The van der Waals surface area contributed by atoms with Crippen LogP contribution in [0.4, 0.5) is 0 Å². The van der Waals surface area contributed by atoms with Crippen LogP contribution in [0, 0.1) is 6.92 Å². The molecule has 19 heavy (non-hydrogen) atoms. The average Bonchev–Trinajstić information content (AvgIpc) is 2.46. The Morgan fingerprint density at radius 2 is 1.68 bits per heavy atom. The SMILES string of the molecule is COc1c(-c2cccc(C)c2)ccc2ccccc12. The molecule has 0 saturated heterocycles. The minimum atomic E-state index is 0.948. The van der Waals surface area contributed by atoms with Gasteiger partial charge in [-0.1, -0.05) is 66.2 Å². The molecule has 0 heterocycles. The van der Waals surface area contributed by atoms with E-state index in [0.717, 1.165) is 16.7 Å². The molecule has 0 fully saturated rings. The van der Waals surface area contributed by atoms with E-state index < -0.39 is 0 Å². The van der Waals surface area contributed by atoms with Crippen molar-refractivity contribution in [3.05, 3.63) is 66.2 Å². The molecule has 0 aliphatic carbocycles. The molecule has 0 amide bonds. The van der Waals surface area contributed by atoms with Crippen molar-refractivity contribution in [1.29, 1.82) is 0 Å². The van der Waals surface area contributed by atoms with E-state index in [-0.39, 0.29) is 0 Å². The van der Waals surface area contributed by atoms with E-state index in [1.165, 1.54) is 16.5 Å². The lowest BCUT2D eigenvalue weighted by molar-refractivity contribution is 0.421. The molecule has 1 heteroatoms. The van der Waals surface area contributed by atoms with Gasteiger partial charge in [0.25, 0.3) is 0 Å². The highest BCUT2D eigenvalue weighted by Gasteiger charge is 2.09. The van der Waals surface area contributed by atoms with Crippen molar-refractivity contribution < 1.29 is 4.74 Å². The van der Waals surface area contributed by atoms with Crippen LogP contribution < -0.4 is 4.74 Å². The summed E-state index contributed by atoms with van der Waals surface area (Å²) >= 11 is 0. The number of hydrogen-bond acceptors (Lipinski definition) is 1. The van der Waals surface area contributed by atoms with E-state index in [4.69, 9.17) is 4.74 Å². The first-order chi connectivity index (χ1) is 9.29. The van der Waals surface area contributed by atoms with Crippen LogP contribution in [-0.2, 0) is 0 Å². The highest BCUT2D eigenvalue weighted by Crippen LogP contribution is 2.36. The number of ether oxygens (including phenoxy) is 1. The number of hydrogen-bond donors (Lipinski definition) is 0. The second kappa shape index (κ2) is 4.77. The summed E-state index contributed by atoms with van der Waals surface area (Å²) in [6.07, 6.45) is 0. The van der Waals surface area contributed by atoms with Crippen molar-refractivity contribution in [2.24, 2.45) is 0 Å². The van der Waals surface area contributed by atoms with Crippen molar-refractivity contribution >= 4 is 10.8 Å². The predicted octanol–water partition coefficient (Wildman–Crippen LogP) is 4.82. The summed E-state index contributed by atoms with van der Waals surface area (Å²) in [7, 11) is 1.74. The zero-order chi connectivity index (χ0) is 13.2. The summed E-state index contributed by atoms with van der Waals surface area (Å²) in [5.41, 5.74) is 3.60. The first-order valence-corrected chi connectivity index (χ1v) is 6.42. The van der Waals surface area contributed by atoms with Gasteiger partial charge in [0.05, 0.1) is 7.11 Å². The second-order valence-corrected chi connectivity index (χ2v) is 4.74. The van der Waals surface area contributed by atoms with Crippen LogP contribution in [0.3, 0.4) is 0 Å². The van der Waals surface area contributed by atoms with Crippen LogP contribution in [0.1, 0.15) is 5.56 Å². The molecule has 1 nitrogen and oxygen atoms in total. The molecule has 0 unspecified atom stereocenters. The molecule has 0 atom stereocenters. The molecule has 0 radical (unpaired) electrons. The summed E-state index contributed by atoms with van der Waals surface area (Å²) in [4.78, 5) is 0. The molecule has 3 aromatic carbocycles. The van der Waals surface area contributed by atoms with Crippen molar-refractivity contribution in [3.8, 4) is 16.9 Å². The number of aryl methyl sites for hydroxylation is 1. The summed E-state index contributed by atoms with van der Waals surface area (Å²) in [5.74, 6) is 0.948. The molecule has 0 aromatic heterocycles. The van der Waals surface area contributed by atoms with Gasteiger partial charge in [0.2, 0.25) is 0 Å². The van der Waals surface area contributed by atoms with Crippen LogP contribution >= 0.6 is 0 Å². The number of fused-ring (bicyclic) bond motifs is 1. The number of rotatable bonds is 2. The number of methoxy groups -OCH3 is 1. The Hall–Kier alpha value is -2.28. The maximum atomic E-state index is 5.65. The first-order valence-electron chi connectivity index (χ1n) is 6.42. The topological polar surface area (TPSA) is 9.23 Å². The molecule has 0 aliphatic heterocycles. The Kier molecular flexibility index (Phi) is 2.96. The molecule has 94 valence electrons. The van der Waals surface area contributed by atoms with E-state index in [1.54, 1.807) is 7.11 Å². The molecule has 3 aromatic rings. The average molecular weight is 248 g/mol. The van der Waals surface area contributed by atoms with Crippen LogP contribution in [0.15, 0.2) is 60.7 Å². The maximum absolute atomic E-state index is 5.65. The standard InChI is InChI=1S/C18H16O/c1-13-6-5-8-15(12-13)17-11-10-14-7-3-4-9-16(14)18(17)19-2/h3-12H,1-2H3. The molecule has 0 bridgehead atoms. The van der Waals surface area contributed by atoms with Gasteiger partial charge in [-0.25, -0.2) is 0 Å². The Bertz CT molecular complexity index is 729. The monoisotopic (exact) mass is 248 g/mol. The van der Waals surface area contributed by atoms with Crippen molar-refractivity contribution in [1.82, 2.24) is 0 Å². The van der Waals surface area contributed by atoms with Crippen molar-refractivity contribution in [2.75, 3.05) is 7.11 Å². The van der Waals surface area contributed by atoms with E-state index in [9.17, 15) is 0 Å². The summed E-state index contributed by atoms with van der Waals surface area (Å²) in [5, 5.41) is 2.36. The highest BCUT2D eigenvalue weighted by molar-refractivity contribution is 5.95. The third-order valence-corrected chi connectivity index (χ3v) is 3.41. The van der Waals surface area contributed by atoms with Crippen LogP contribution in [0.2, 0.25) is 0 Å². The van der Waals surface area contributed by atoms with Gasteiger partial charge in [0.15, 0.2) is 0 Å². The Labute approximate surface area is 113 Å².